The lowest BCUT2D eigenvalue weighted by Crippen LogP contribution is -2.26. The van der Waals surface area contributed by atoms with Gasteiger partial charge < -0.3 is 10.2 Å². The third-order valence-corrected chi connectivity index (χ3v) is 3.10. The Kier molecular flexibility index (Phi) is 4.91. The predicted molar refractivity (Wildman–Crippen MR) is 71.6 cm³/mol. The van der Waals surface area contributed by atoms with Gasteiger partial charge in [0.25, 0.3) is 0 Å². The van der Waals surface area contributed by atoms with Gasteiger partial charge in [0.1, 0.15) is 0 Å². The molecule has 0 saturated heterocycles. The van der Waals surface area contributed by atoms with Crippen LogP contribution in [0.4, 0.5) is 0 Å². The second-order valence-electron chi connectivity index (χ2n) is 5.57. The maximum atomic E-state index is 11.0. The number of hydrogen-bond acceptors (Lipinski definition) is 2. The summed E-state index contributed by atoms with van der Waals surface area (Å²) in [5.41, 5.74) is 1.47. The van der Waals surface area contributed by atoms with Gasteiger partial charge in [-0.1, -0.05) is 24.3 Å². The Labute approximate surface area is 108 Å². The van der Waals surface area contributed by atoms with Crippen LogP contribution in [0.25, 0.3) is 0 Å². The van der Waals surface area contributed by atoms with Gasteiger partial charge in [0.15, 0.2) is 0 Å². The van der Waals surface area contributed by atoms with Crippen molar-refractivity contribution < 1.29 is 15.0 Å². The van der Waals surface area contributed by atoms with Gasteiger partial charge in [-0.05, 0) is 51.2 Å². The minimum absolute atomic E-state index is 0.282. The number of aliphatic carboxylic acids is 1. The molecule has 1 unspecified atom stereocenters. The van der Waals surface area contributed by atoms with Crippen molar-refractivity contribution in [3.63, 3.8) is 0 Å². The molecule has 0 spiro atoms. The van der Waals surface area contributed by atoms with Gasteiger partial charge in [0.2, 0.25) is 0 Å². The van der Waals surface area contributed by atoms with E-state index in [4.69, 9.17) is 5.11 Å². The molecule has 2 N–H and O–H groups in total. The molecule has 0 aromatic heterocycles. The summed E-state index contributed by atoms with van der Waals surface area (Å²) >= 11 is 0. The van der Waals surface area contributed by atoms with Gasteiger partial charge in [0, 0.05) is 0 Å². The molecule has 1 aromatic carbocycles. The number of benzene rings is 1. The molecule has 0 aliphatic carbocycles. The summed E-state index contributed by atoms with van der Waals surface area (Å²) in [6.07, 6.45) is 1.84. The third-order valence-electron chi connectivity index (χ3n) is 3.10. The summed E-state index contributed by atoms with van der Waals surface area (Å²) in [4.78, 5) is 11.0. The summed E-state index contributed by atoms with van der Waals surface area (Å²) < 4.78 is 0. The number of aliphatic hydroxyl groups is 1. The van der Waals surface area contributed by atoms with E-state index >= 15 is 0 Å². The molecule has 3 nitrogen and oxygen atoms in total. The summed E-state index contributed by atoms with van der Waals surface area (Å²) in [5, 5.41) is 18.3. The molecule has 0 radical (unpaired) electrons. The molecule has 0 fully saturated rings. The second-order valence-corrected chi connectivity index (χ2v) is 5.57. The van der Waals surface area contributed by atoms with Crippen molar-refractivity contribution in [2.75, 3.05) is 0 Å². The molecule has 0 amide bonds. The number of carboxylic acid groups (broad SMARTS) is 1. The average molecular weight is 250 g/mol. The summed E-state index contributed by atoms with van der Waals surface area (Å²) in [7, 11) is 0. The zero-order valence-corrected chi connectivity index (χ0v) is 11.3. The number of aryl methyl sites for hydroxylation is 1. The van der Waals surface area contributed by atoms with Gasteiger partial charge in [-0.3, -0.25) is 4.79 Å². The van der Waals surface area contributed by atoms with Crippen molar-refractivity contribution in [1.82, 2.24) is 0 Å². The van der Waals surface area contributed by atoms with E-state index in [0.29, 0.717) is 6.42 Å². The minimum atomic E-state index is -0.777. The van der Waals surface area contributed by atoms with Crippen LogP contribution in [0.2, 0.25) is 0 Å². The van der Waals surface area contributed by atoms with Gasteiger partial charge in [-0.15, -0.1) is 0 Å². The maximum absolute atomic E-state index is 11.0. The normalized spacial score (nSPS) is 13.3. The minimum Gasteiger partial charge on any atom is -0.481 e. The molecule has 0 aliphatic rings. The van der Waals surface area contributed by atoms with E-state index < -0.39 is 11.4 Å². The zero-order valence-electron chi connectivity index (χ0n) is 11.3. The van der Waals surface area contributed by atoms with Crippen LogP contribution in [-0.2, 0) is 17.6 Å². The van der Waals surface area contributed by atoms with Gasteiger partial charge in [-0.25, -0.2) is 0 Å². The zero-order chi connectivity index (χ0) is 13.8. The Morgan fingerprint density at radius 1 is 1.22 bits per heavy atom. The number of hydrogen-bond donors (Lipinski definition) is 2. The average Bonchev–Trinajstić information content (AvgIpc) is 2.27. The monoisotopic (exact) mass is 250 g/mol. The maximum Gasteiger partial charge on any atom is 0.309 e. The lowest BCUT2D eigenvalue weighted by atomic mass is 9.85. The topological polar surface area (TPSA) is 57.5 Å². The summed E-state index contributed by atoms with van der Waals surface area (Å²) in [6.45, 7) is 5.25. The number of carbonyl (C=O) groups is 1. The van der Waals surface area contributed by atoms with E-state index in [1.54, 1.807) is 20.8 Å². The van der Waals surface area contributed by atoms with Crippen LogP contribution < -0.4 is 0 Å². The fourth-order valence-electron chi connectivity index (χ4n) is 1.79. The molecule has 18 heavy (non-hydrogen) atoms. The Bertz CT molecular complexity index is 391. The lowest BCUT2D eigenvalue weighted by Gasteiger charge is -2.19. The highest BCUT2D eigenvalue weighted by Crippen LogP contribution is 2.22. The van der Waals surface area contributed by atoms with Crippen molar-refractivity contribution in [2.45, 2.75) is 46.1 Å². The van der Waals surface area contributed by atoms with Crippen molar-refractivity contribution in [3.05, 3.63) is 35.4 Å². The van der Waals surface area contributed by atoms with E-state index in [0.717, 1.165) is 18.4 Å². The molecule has 1 aromatic rings. The highest BCUT2D eigenvalue weighted by molar-refractivity contribution is 5.74. The van der Waals surface area contributed by atoms with E-state index in [-0.39, 0.29) is 6.10 Å². The molecule has 3 heteroatoms. The van der Waals surface area contributed by atoms with Crippen LogP contribution in [0.5, 0.6) is 0 Å². The molecule has 0 saturated carbocycles. The van der Waals surface area contributed by atoms with Crippen LogP contribution in [0.3, 0.4) is 0 Å². The molecule has 100 valence electrons. The highest BCUT2D eigenvalue weighted by atomic mass is 16.4. The van der Waals surface area contributed by atoms with Crippen LogP contribution in [0, 0.1) is 5.41 Å². The highest BCUT2D eigenvalue weighted by Gasteiger charge is 2.27. The largest absolute Gasteiger partial charge is 0.481 e. The van der Waals surface area contributed by atoms with Crippen molar-refractivity contribution in [3.8, 4) is 0 Å². The number of aliphatic hydroxyl groups excluding tert-OH is 1. The molecule has 0 aliphatic heterocycles. The molecule has 1 atom stereocenters. The van der Waals surface area contributed by atoms with Crippen LogP contribution in [0.1, 0.15) is 38.3 Å². The summed E-state index contributed by atoms with van der Waals surface area (Å²) in [6, 6.07) is 7.97. The third kappa shape index (κ3) is 4.49. The first-order chi connectivity index (χ1) is 8.31. The fourth-order valence-corrected chi connectivity index (χ4v) is 1.79. The van der Waals surface area contributed by atoms with Gasteiger partial charge in [0.05, 0.1) is 11.5 Å². The molecule has 1 rings (SSSR count). The first kappa shape index (κ1) is 14.7. The Morgan fingerprint density at radius 2 is 1.72 bits per heavy atom. The number of rotatable bonds is 6. The van der Waals surface area contributed by atoms with Crippen LogP contribution in [0.15, 0.2) is 24.3 Å². The van der Waals surface area contributed by atoms with Gasteiger partial charge >= 0.3 is 5.97 Å². The van der Waals surface area contributed by atoms with Gasteiger partial charge in [-0.2, -0.15) is 0 Å². The molecule has 0 bridgehead atoms. The first-order valence-corrected chi connectivity index (χ1v) is 6.30. The molecular formula is C15H22O3. The van der Waals surface area contributed by atoms with Crippen LogP contribution in [-0.4, -0.2) is 22.3 Å². The van der Waals surface area contributed by atoms with Crippen molar-refractivity contribution >= 4 is 5.97 Å². The van der Waals surface area contributed by atoms with E-state index in [1.165, 1.54) is 5.56 Å². The molecule has 0 heterocycles. The quantitative estimate of drug-likeness (QED) is 0.816. The van der Waals surface area contributed by atoms with E-state index in [1.807, 2.05) is 24.3 Å². The van der Waals surface area contributed by atoms with E-state index in [2.05, 4.69) is 0 Å². The Balaban J connectivity index is 2.63. The lowest BCUT2D eigenvalue weighted by molar-refractivity contribution is -0.146. The summed E-state index contributed by atoms with van der Waals surface area (Å²) in [5.74, 6) is -0.777. The Morgan fingerprint density at radius 3 is 2.17 bits per heavy atom. The first-order valence-electron chi connectivity index (χ1n) is 6.30. The van der Waals surface area contributed by atoms with E-state index in [9.17, 15) is 9.90 Å². The van der Waals surface area contributed by atoms with Crippen molar-refractivity contribution in [2.24, 2.45) is 5.41 Å². The SMILES string of the molecule is CC(O)CCc1ccc(CC(C)(C)C(=O)O)cc1. The number of carboxylic acids is 1. The molecular weight excluding hydrogens is 228 g/mol. The predicted octanol–water partition coefficient (Wildman–Crippen LogP) is 2.65. The smallest absolute Gasteiger partial charge is 0.309 e. The second kappa shape index (κ2) is 6.01. The Hall–Kier alpha value is -1.35. The fraction of sp³-hybridized carbons (Fsp3) is 0.533. The van der Waals surface area contributed by atoms with Crippen molar-refractivity contribution in [1.29, 1.82) is 0 Å². The standard InChI is InChI=1S/C15H22O3/c1-11(16)4-5-12-6-8-13(9-7-12)10-15(2,3)14(17)18/h6-9,11,16H,4-5,10H2,1-3H3,(H,17,18). The van der Waals surface area contributed by atoms with Crippen LogP contribution >= 0.6 is 0 Å².